The van der Waals surface area contributed by atoms with Crippen LogP contribution < -0.4 is 4.74 Å². The molecule has 0 aliphatic heterocycles. The van der Waals surface area contributed by atoms with E-state index in [1.165, 1.54) is 33.4 Å². The van der Waals surface area contributed by atoms with Gasteiger partial charge in [-0.15, -0.1) is 12.1 Å². The fourth-order valence-electron chi connectivity index (χ4n) is 4.38. The summed E-state index contributed by atoms with van der Waals surface area (Å²) in [6.07, 6.45) is 5.77. The first-order chi connectivity index (χ1) is 17.8. The number of aliphatic hydroxyl groups is 1. The molecule has 1 N–H and O–H groups in total. The summed E-state index contributed by atoms with van der Waals surface area (Å²) >= 11 is 0. The zero-order chi connectivity index (χ0) is 26.9. The van der Waals surface area contributed by atoms with Gasteiger partial charge in [-0.2, -0.15) is 18.2 Å². The van der Waals surface area contributed by atoms with Gasteiger partial charge in [0.1, 0.15) is 0 Å². The van der Waals surface area contributed by atoms with Crippen LogP contribution in [0.1, 0.15) is 58.1 Å². The quantitative estimate of drug-likeness (QED) is 0.0869. The minimum atomic E-state index is 0. The summed E-state index contributed by atoms with van der Waals surface area (Å²) in [5, 5.41) is 14.2. The summed E-state index contributed by atoms with van der Waals surface area (Å²) in [5.41, 5.74) is 2.57. The molecule has 1 unspecified atom stereocenters. The molecule has 38 heavy (non-hydrogen) atoms. The smallest absolute Gasteiger partial charge is 0.225 e. The van der Waals surface area contributed by atoms with Crippen molar-refractivity contribution >= 4 is 27.3 Å². The Kier molecular flexibility index (Phi) is 12.2. The van der Waals surface area contributed by atoms with Crippen LogP contribution in [0.2, 0.25) is 0 Å². The number of allylic oxidation sites excluding steroid dienone is 2. The summed E-state index contributed by atoms with van der Waals surface area (Å²) in [6.45, 7) is 12.2. The first-order valence-electron chi connectivity index (χ1n) is 13.2. The molecule has 5 heteroatoms. The number of rotatable bonds is 8. The normalized spacial score (nSPS) is 12.0. The second-order valence-electron chi connectivity index (χ2n) is 9.46. The number of nitrogens with zero attached hydrogens (tertiary/aromatic N) is 1. The number of fused-ring (bicyclic) bond motifs is 3. The zero-order valence-electron chi connectivity index (χ0n) is 23.2. The third-order valence-corrected chi connectivity index (χ3v) is 7.17. The number of ether oxygens (including phenoxy) is 1. The van der Waals surface area contributed by atoms with Crippen molar-refractivity contribution < 1.29 is 34.7 Å². The Morgan fingerprint density at radius 2 is 1.58 bits per heavy atom. The maximum absolute atomic E-state index is 11.6. The van der Waals surface area contributed by atoms with E-state index in [1.54, 1.807) is 0 Å². The Morgan fingerprint density at radius 3 is 2.18 bits per heavy atom. The molecular formula is C33H38IrNO3-. The summed E-state index contributed by atoms with van der Waals surface area (Å²) < 4.78 is 6.03. The number of ketones is 1. The molecular weight excluding hydrogens is 651 g/mol. The predicted octanol–water partition coefficient (Wildman–Crippen LogP) is 9.07. The Balaban J connectivity index is 0.000000296. The van der Waals surface area contributed by atoms with Gasteiger partial charge in [0.15, 0.2) is 5.78 Å². The van der Waals surface area contributed by atoms with Crippen LogP contribution in [-0.4, -0.2) is 15.9 Å². The summed E-state index contributed by atoms with van der Waals surface area (Å²) in [4.78, 5) is 16.1. The van der Waals surface area contributed by atoms with E-state index in [-0.39, 0.29) is 43.5 Å². The van der Waals surface area contributed by atoms with E-state index in [1.807, 2.05) is 58.2 Å². The van der Waals surface area contributed by atoms with Crippen molar-refractivity contribution in [2.24, 2.45) is 11.8 Å². The first kappa shape index (κ1) is 31.2. The third kappa shape index (κ3) is 7.30. The zero-order valence-corrected chi connectivity index (χ0v) is 25.6. The van der Waals surface area contributed by atoms with Gasteiger partial charge in [-0.3, -0.25) is 4.79 Å². The molecule has 1 radical (unpaired) electrons. The van der Waals surface area contributed by atoms with Crippen molar-refractivity contribution in [3.8, 4) is 11.6 Å². The average molecular weight is 689 g/mol. The van der Waals surface area contributed by atoms with Crippen LogP contribution in [0.15, 0.2) is 72.6 Å². The number of hydrogen-bond donors (Lipinski definition) is 1. The van der Waals surface area contributed by atoms with E-state index in [4.69, 9.17) is 4.74 Å². The van der Waals surface area contributed by atoms with Gasteiger partial charge >= 0.3 is 0 Å². The van der Waals surface area contributed by atoms with Gasteiger partial charge in [0.25, 0.3) is 0 Å². The van der Waals surface area contributed by atoms with Crippen LogP contribution in [0.25, 0.3) is 21.5 Å². The summed E-state index contributed by atoms with van der Waals surface area (Å²) in [7, 11) is 0. The summed E-state index contributed by atoms with van der Waals surface area (Å²) in [5.74, 6) is 1.76. The Bertz CT molecular complexity index is 1380. The molecule has 0 amide bonds. The number of aromatic nitrogens is 1. The summed E-state index contributed by atoms with van der Waals surface area (Å²) in [6, 6.07) is 21.2. The number of carbonyl (C=O) groups is 1. The molecule has 1 atom stereocenters. The molecule has 203 valence electrons. The van der Waals surface area contributed by atoms with Gasteiger partial charge < -0.3 is 9.84 Å². The fourth-order valence-corrected chi connectivity index (χ4v) is 4.38. The molecule has 4 aromatic rings. The second-order valence-corrected chi connectivity index (χ2v) is 9.46. The van der Waals surface area contributed by atoms with E-state index in [2.05, 4.69) is 55.2 Å². The van der Waals surface area contributed by atoms with Gasteiger partial charge in [0.05, 0.1) is 11.1 Å². The molecule has 4 rings (SSSR count). The first-order valence-corrected chi connectivity index (χ1v) is 13.2. The number of aryl methyl sites for hydroxylation is 2. The van der Waals surface area contributed by atoms with Crippen molar-refractivity contribution in [1.29, 1.82) is 0 Å². The minimum Gasteiger partial charge on any atom is -0.512 e. The van der Waals surface area contributed by atoms with Crippen LogP contribution in [0.5, 0.6) is 11.6 Å². The fraction of sp³-hybridized carbons (Fsp3) is 0.333. The third-order valence-electron chi connectivity index (χ3n) is 7.17. The van der Waals surface area contributed by atoms with E-state index in [9.17, 15) is 9.90 Å². The van der Waals surface area contributed by atoms with Crippen LogP contribution in [0.4, 0.5) is 0 Å². The molecule has 0 bridgehead atoms. The number of carbonyl (C=O) groups excluding carboxylic acids is 1. The molecule has 0 aliphatic carbocycles. The predicted molar refractivity (Wildman–Crippen MR) is 153 cm³/mol. The number of benzene rings is 3. The number of aliphatic hydroxyl groups excluding tert-OH is 1. The standard InChI is InChI=1S/C21H16NO.C12H22O2.Ir/c1-14-15(2)18-12-13-22-21(23-16-8-4-3-5-9-16)20(18)19-11-7-6-10-17(14)19;1-5-9(4)11(13)8-12(14)10(6-2)7-3;/h3-8,10-13H,1-2H3;8-10,13H,5-7H2,1-4H3;/q-1;;/b;11-8-;. The maximum atomic E-state index is 11.6. The van der Waals surface area contributed by atoms with E-state index in [0.29, 0.717) is 11.6 Å². The van der Waals surface area contributed by atoms with Crippen LogP contribution in [0.3, 0.4) is 0 Å². The van der Waals surface area contributed by atoms with Crippen LogP contribution in [-0.2, 0) is 24.9 Å². The molecule has 0 spiro atoms. The van der Waals surface area contributed by atoms with Gasteiger partial charge in [-0.1, -0.05) is 52.0 Å². The molecule has 0 saturated heterocycles. The SMILES string of the molecule is CCC(CC)C(=O)/C=C(\O)C(C)CC.Cc1c(C)c2ccnc(Oc3[c-]cccc3)c2c2ccccc12.[Ir]. The second kappa shape index (κ2) is 14.8. The molecule has 1 heterocycles. The van der Waals surface area contributed by atoms with E-state index < -0.39 is 0 Å². The van der Waals surface area contributed by atoms with Crippen molar-refractivity contribution in [3.05, 3.63) is 89.8 Å². The minimum absolute atomic E-state index is 0. The van der Waals surface area contributed by atoms with E-state index >= 15 is 0 Å². The van der Waals surface area contributed by atoms with Gasteiger partial charge in [-0.05, 0) is 66.5 Å². The van der Waals surface area contributed by atoms with Crippen LogP contribution >= 0.6 is 0 Å². The average Bonchev–Trinajstić information content (AvgIpc) is 2.92. The van der Waals surface area contributed by atoms with Crippen molar-refractivity contribution in [3.63, 3.8) is 0 Å². The number of pyridine rings is 1. The van der Waals surface area contributed by atoms with Crippen molar-refractivity contribution in [1.82, 2.24) is 4.98 Å². The Hall–Kier alpha value is -3.01. The maximum Gasteiger partial charge on any atom is 0.225 e. The van der Waals surface area contributed by atoms with Gasteiger partial charge in [0, 0.05) is 50.0 Å². The van der Waals surface area contributed by atoms with Crippen molar-refractivity contribution in [2.45, 2.75) is 60.8 Å². The Labute approximate surface area is 240 Å². The molecule has 1 aromatic heterocycles. The molecule has 0 aliphatic rings. The molecule has 0 saturated carbocycles. The molecule has 3 aromatic carbocycles. The van der Waals surface area contributed by atoms with Gasteiger partial charge in [-0.25, -0.2) is 4.98 Å². The molecule has 0 fully saturated rings. The van der Waals surface area contributed by atoms with Crippen LogP contribution in [0, 0.1) is 31.7 Å². The largest absolute Gasteiger partial charge is 0.512 e. The van der Waals surface area contributed by atoms with Crippen molar-refractivity contribution in [2.75, 3.05) is 0 Å². The number of hydrogen-bond acceptors (Lipinski definition) is 4. The molecule has 4 nitrogen and oxygen atoms in total. The number of para-hydroxylation sites is 1. The van der Waals surface area contributed by atoms with Gasteiger partial charge in [0.2, 0.25) is 5.88 Å². The Morgan fingerprint density at radius 1 is 0.947 bits per heavy atom. The topological polar surface area (TPSA) is 59.4 Å². The monoisotopic (exact) mass is 689 g/mol. The van der Waals surface area contributed by atoms with E-state index in [0.717, 1.165) is 24.6 Å².